The molecule has 94 valence electrons. The fourth-order valence-corrected chi connectivity index (χ4v) is 2.57. The third-order valence-electron chi connectivity index (χ3n) is 4.17. The van der Waals surface area contributed by atoms with Crippen LogP contribution >= 0.6 is 0 Å². The molecule has 0 aliphatic rings. The molecule has 1 aromatic carbocycles. The van der Waals surface area contributed by atoms with Crippen molar-refractivity contribution in [1.29, 1.82) is 0 Å². The van der Waals surface area contributed by atoms with Crippen molar-refractivity contribution in [1.82, 2.24) is 0 Å². The van der Waals surface area contributed by atoms with Gasteiger partial charge in [-0.1, -0.05) is 69.7 Å². The van der Waals surface area contributed by atoms with Gasteiger partial charge < -0.3 is 0 Å². The molecule has 0 N–H and O–H groups in total. The first-order chi connectivity index (χ1) is 8.02. The largest absolute Gasteiger partial charge is 0.0879 e. The van der Waals surface area contributed by atoms with Crippen LogP contribution in [0.15, 0.2) is 42.0 Å². The van der Waals surface area contributed by atoms with Crippen molar-refractivity contribution in [2.45, 2.75) is 47.5 Å². The Labute approximate surface area is 107 Å². The molecule has 1 unspecified atom stereocenters. The van der Waals surface area contributed by atoms with Gasteiger partial charge in [0.1, 0.15) is 0 Å². The van der Waals surface area contributed by atoms with Crippen LogP contribution < -0.4 is 0 Å². The number of benzene rings is 1. The van der Waals surface area contributed by atoms with Gasteiger partial charge in [0, 0.05) is 0 Å². The van der Waals surface area contributed by atoms with E-state index in [2.05, 4.69) is 71.0 Å². The van der Waals surface area contributed by atoms with E-state index in [-0.39, 0.29) is 0 Å². The molecular weight excluding hydrogens is 204 g/mol. The van der Waals surface area contributed by atoms with Gasteiger partial charge >= 0.3 is 0 Å². The van der Waals surface area contributed by atoms with Crippen LogP contribution in [0.25, 0.3) is 0 Å². The van der Waals surface area contributed by atoms with Crippen LogP contribution in [0.1, 0.15) is 46.6 Å². The average Bonchev–Trinajstić information content (AvgIpc) is 2.31. The fourth-order valence-electron chi connectivity index (χ4n) is 2.57. The maximum Gasteiger partial charge on any atom is -0.0116 e. The van der Waals surface area contributed by atoms with E-state index in [9.17, 15) is 0 Å². The second-order valence-corrected chi connectivity index (χ2v) is 5.48. The molecule has 1 aromatic rings. The first-order valence-electron chi connectivity index (χ1n) is 6.72. The molecule has 0 bridgehead atoms. The molecule has 0 spiro atoms. The predicted octanol–water partition coefficient (Wildman–Crippen LogP) is 5.25. The van der Waals surface area contributed by atoms with Crippen LogP contribution in [0.3, 0.4) is 0 Å². The Balaban J connectivity index is 2.79. The maximum absolute atomic E-state index is 2.37. The molecule has 0 radical (unpaired) electrons. The van der Waals surface area contributed by atoms with Gasteiger partial charge in [0.15, 0.2) is 0 Å². The summed E-state index contributed by atoms with van der Waals surface area (Å²) in [6.45, 7) is 11.5. The molecule has 17 heavy (non-hydrogen) atoms. The van der Waals surface area contributed by atoms with Gasteiger partial charge in [-0.05, 0) is 36.7 Å². The number of rotatable bonds is 5. The maximum atomic E-state index is 2.37. The molecule has 1 rings (SSSR count). The van der Waals surface area contributed by atoms with Crippen molar-refractivity contribution < 1.29 is 0 Å². The lowest BCUT2D eigenvalue weighted by atomic mass is 9.70. The van der Waals surface area contributed by atoms with E-state index < -0.39 is 0 Å². The quantitative estimate of drug-likeness (QED) is 0.606. The fraction of sp³-hybridized carbons (Fsp3) is 0.529. The van der Waals surface area contributed by atoms with Crippen LogP contribution in [0.4, 0.5) is 0 Å². The minimum atomic E-state index is 0.291. The standard InChI is InChI=1S/C17H26/c1-6-16(7-2)17(4,5)14(3)13-15-11-9-8-10-12-15/h6,8-12,14H,7,13H2,1-5H3/b16-6+. The summed E-state index contributed by atoms with van der Waals surface area (Å²) in [6, 6.07) is 10.8. The zero-order valence-corrected chi connectivity index (χ0v) is 12.0. The smallest absolute Gasteiger partial charge is 0.0116 e. The Morgan fingerprint density at radius 2 is 1.82 bits per heavy atom. The third-order valence-corrected chi connectivity index (χ3v) is 4.17. The van der Waals surface area contributed by atoms with Crippen LogP contribution in [0, 0.1) is 11.3 Å². The summed E-state index contributed by atoms with van der Waals surface area (Å²) < 4.78 is 0. The minimum absolute atomic E-state index is 0.291. The lowest BCUT2D eigenvalue weighted by Crippen LogP contribution is -2.25. The van der Waals surface area contributed by atoms with Gasteiger partial charge in [-0.3, -0.25) is 0 Å². The normalized spacial score (nSPS) is 14.8. The van der Waals surface area contributed by atoms with Gasteiger partial charge in [-0.15, -0.1) is 0 Å². The highest BCUT2D eigenvalue weighted by atomic mass is 14.3. The van der Waals surface area contributed by atoms with E-state index >= 15 is 0 Å². The van der Waals surface area contributed by atoms with Gasteiger partial charge in [-0.2, -0.15) is 0 Å². The predicted molar refractivity (Wildman–Crippen MR) is 77.1 cm³/mol. The molecule has 0 heteroatoms. The number of hydrogen-bond acceptors (Lipinski definition) is 0. The van der Waals surface area contributed by atoms with E-state index in [1.54, 1.807) is 5.57 Å². The van der Waals surface area contributed by atoms with E-state index in [4.69, 9.17) is 0 Å². The third kappa shape index (κ3) is 3.46. The summed E-state index contributed by atoms with van der Waals surface area (Å²) in [4.78, 5) is 0. The SMILES string of the molecule is C/C=C(\CC)C(C)(C)C(C)Cc1ccccc1. The number of hydrogen-bond donors (Lipinski definition) is 0. The topological polar surface area (TPSA) is 0 Å². The zero-order valence-electron chi connectivity index (χ0n) is 12.0. The average molecular weight is 230 g/mol. The Kier molecular flexibility index (Phi) is 4.99. The molecule has 0 amide bonds. The van der Waals surface area contributed by atoms with Crippen molar-refractivity contribution >= 4 is 0 Å². The van der Waals surface area contributed by atoms with Crippen molar-refractivity contribution in [3.8, 4) is 0 Å². The van der Waals surface area contributed by atoms with Crippen LogP contribution in [0.2, 0.25) is 0 Å². The highest BCUT2D eigenvalue weighted by Gasteiger charge is 2.28. The van der Waals surface area contributed by atoms with E-state index in [0.717, 1.165) is 12.8 Å². The van der Waals surface area contributed by atoms with Crippen molar-refractivity contribution in [3.05, 3.63) is 47.5 Å². The molecule has 0 saturated heterocycles. The molecule has 0 aliphatic heterocycles. The van der Waals surface area contributed by atoms with Crippen LogP contribution in [-0.4, -0.2) is 0 Å². The second-order valence-electron chi connectivity index (χ2n) is 5.48. The Hall–Kier alpha value is -1.04. The first kappa shape index (κ1) is 14.0. The summed E-state index contributed by atoms with van der Waals surface area (Å²) in [6.07, 6.45) is 4.61. The summed E-state index contributed by atoms with van der Waals surface area (Å²) >= 11 is 0. The minimum Gasteiger partial charge on any atom is -0.0879 e. The van der Waals surface area contributed by atoms with Gasteiger partial charge in [-0.25, -0.2) is 0 Å². The first-order valence-corrected chi connectivity index (χ1v) is 6.72. The van der Waals surface area contributed by atoms with Crippen LogP contribution in [0.5, 0.6) is 0 Å². The second kappa shape index (κ2) is 6.05. The monoisotopic (exact) mass is 230 g/mol. The Morgan fingerprint density at radius 1 is 1.24 bits per heavy atom. The van der Waals surface area contributed by atoms with Gasteiger partial charge in [0.2, 0.25) is 0 Å². The van der Waals surface area contributed by atoms with E-state index in [1.165, 1.54) is 5.56 Å². The summed E-state index contributed by atoms with van der Waals surface area (Å²) in [5.74, 6) is 0.663. The summed E-state index contributed by atoms with van der Waals surface area (Å²) in [5, 5.41) is 0. The Morgan fingerprint density at radius 3 is 2.29 bits per heavy atom. The van der Waals surface area contributed by atoms with Crippen molar-refractivity contribution in [2.75, 3.05) is 0 Å². The molecule has 0 heterocycles. The highest BCUT2D eigenvalue weighted by molar-refractivity contribution is 5.18. The number of allylic oxidation sites excluding steroid dienone is 2. The van der Waals surface area contributed by atoms with Crippen molar-refractivity contribution in [3.63, 3.8) is 0 Å². The van der Waals surface area contributed by atoms with Gasteiger partial charge in [0.25, 0.3) is 0 Å². The van der Waals surface area contributed by atoms with Crippen molar-refractivity contribution in [2.24, 2.45) is 11.3 Å². The molecule has 0 saturated carbocycles. The van der Waals surface area contributed by atoms with E-state index in [1.807, 2.05) is 0 Å². The van der Waals surface area contributed by atoms with E-state index in [0.29, 0.717) is 11.3 Å². The lowest BCUT2D eigenvalue weighted by molar-refractivity contribution is 0.278. The zero-order chi connectivity index (χ0) is 12.9. The molecule has 0 fully saturated rings. The summed E-state index contributed by atoms with van der Waals surface area (Å²) in [7, 11) is 0. The molecule has 0 nitrogen and oxygen atoms in total. The Bertz CT molecular complexity index is 357. The molecule has 0 aliphatic carbocycles. The van der Waals surface area contributed by atoms with Gasteiger partial charge in [0.05, 0.1) is 0 Å². The molecule has 0 aromatic heterocycles. The summed E-state index contributed by atoms with van der Waals surface area (Å²) in [5.41, 5.74) is 3.31. The molecule has 1 atom stereocenters. The highest BCUT2D eigenvalue weighted by Crippen LogP contribution is 2.38. The molecular formula is C17H26. The van der Waals surface area contributed by atoms with Crippen LogP contribution in [-0.2, 0) is 6.42 Å². The lowest BCUT2D eigenvalue weighted by Gasteiger charge is -2.34.